The van der Waals surface area contributed by atoms with E-state index in [1.54, 1.807) is 18.2 Å². The lowest BCUT2D eigenvalue weighted by atomic mass is 9.99. The first kappa shape index (κ1) is 9.48. The fourth-order valence-corrected chi connectivity index (χ4v) is 1.56. The molecule has 0 spiro atoms. The van der Waals surface area contributed by atoms with Crippen molar-refractivity contribution >= 4 is 0 Å². The molecule has 2 nitrogen and oxygen atoms in total. The van der Waals surface area contributed by atoms with Crippen LogP contribution in [0.1, 0.15) is 17.2 Å². The number of hydrogen-bond donors (Lipinski definition) is 2. The average Bonchev–Trinajstić information content (AvgIpc) is 2.15. The lowest BCUT2D eigenvalue weighted by Crippen LogP contribution is -2.46. The van der Waals surface area contributed by atoms with Crippen molar-refractivity contribution in [1.29, 1.82) is 0 Å². The number of nitrogens with one attached hydrogen (secondary N) is 2. The first-order valence-corrected chi connectivity index (χ1v) is 4.22. The van der Waals surface area contributed by atoms with E-state index in [-0.39, 0.29) is 0 Å². The Labute approximate surface area is 79.1 Å². The third kappa shape index (κ3) is 1.60. The Bertz CT molecular complexity index is 335. The smallest absolute Gasteiger partial charge is 0.253 e. The van der Waals surface area contributed by atoms with E-state index in [2.05, 4.69) is 10.9 Å². The van der Waals surface area contributed by atoms with Gasteiger partial charge in [-0.15, -0.1) is 0 Å². The van der Waals surface area contributed by atoms with E-state index in [1.165, 1.54) is 6.07 Å². The molecule has 5 heteroatoms. The summed E-state index contributed by atoms with van der Waals surface area (Å²) >= 11 is 0. The summed E-state index contributed by atoms with van der Waals surface area (Å²) in [5.74, 6) is 0. The standard InChI is InChI=1S/C9H9F3N2/c10-9(11,12)8-7-4-2-1-3-6(7)5-13-14-8/h1-4,8,13-14H,5H2. The molecule has 1 heterocycles. The van der Waals surface area contributed by atoms with E-state index in [0.717, 1.165) is 0 Å². The van der Waals surface area contributed by atoms with Crippen molar-refractivity contribution in [1.82, 2.24) is 10.9 Å². The molecule has 2 N–H and O–H groups in total. The normalized spacial score (nSPS) is 21.8. The molecule has 0 bridgehead atoms. The topological polar surface area (TPSA) is 24.1 Å². The largest absolute Gasteiger partial charge is 0.409 e. The molecule has 1 unspecified atom stereocenters. The van der Waals surface area contributed by atoms with Gasteiger partial charge < -0.3 is 0 Å². The molecule has 1 aromatic rings. The van der Waals surface area contributed by atoms with Gasteiger partial charge in [0.1, 0.15) is 6.04 Å². The molecule has 0 fully saturated rings. The van der Waals surface area contributed by atoms with Crippen LogP contribution in [0, 0.1) is 0 Å². The maximum Gasteiger partial charge on any atom is 0.409 e. The molecule has 76 valence electrons. The average molecular weight is 202 g/mol. The molecule has 2 rings (SSSR count). The van der Waals surface area contributed by atoms with Crippen LogP contribution in [-0.2, 0) is 6.54 Å². The Kier molecular flexibility index (Phi) is 2.20. The van der Waals surface area contributed by atoms with Crippen LogP contribution >= 0.6 is 0 Å². The van der Waals surface area contributed by atoms with Crippen LogP contribution in [-0.4, -0.2) is 6.18 Å². The van der Waals surface area contributed by atoms with E-state index in [1.807, 2.05) is 0 Å². The molecule has 0 saturated heterocycles. The summed E-state index contributed by atoms with van der Waals surface area (Å²) in [5, 5.41) is 0. The highest BCUT2D eigenvalue weighted by Crippen LogP contribution is 2.35. The number of benzene rings is 1. The van der Waals surface area contributed by atoms with Gasteiger partial charge in [0.05, 0.1) is 0 Å². The second kappa shape index (κ2) is 3.25. The van der Waals surface area contributed by atoms with Crippen LogP contribution in [0.25, 0.3) is 0 Å². The first-order chi connectivity index (χ1) is 6.59. The maximum atomic E-state index is 12.5. The quantitative estimate of drug-likeness (QED) is 0.671. The summed E-state index contributed by atoms with van der Waals surface area (Å²) in [5.41, 5.74) is 5.76. The Morgan fingerprint density at radius 2 is 1.93 bits per heavy atom. The first-order valence-electron chi connectivity index (χ1n) is 4.22. The zero-order chi connectivity index (χ0) is 10.2. The van der Waals surface area contributed by atoms with Gasteiger partial charge in [-0.2, -0.15) is 13.2 Å². The van der Waals surface area contributed by atoms with Gasteiger partial charge >= 0.3 is 6.18 Å². The van der Waals surface area contributed by atoms with Crippen molar-refractivity contribution in [3.63, 3.8) is 0 Å². The number of halogens is 3. The molecule has 0 aliphatic carbocycles. The number of hydrazine groups is 1. The molecule has 0 radical (unpaired) electrons. The zero-order valence-corrected chi connectivity index (χ0v) is 7.23. The van der Waals surface area contributed by atoms with E-state index in [0.29, 0.717) is 17.7 Å². The van der Waals surface area contributed by atoms with Crippen LogP contribution in [0.15, 0.2) is 24.3 Å². The minimum Gasteiger partial charge on any atom is -0.253 e. The van der Waals surface area contributed by atoms with Gasteiger partial charge in [0.25, 0.3) is 0 Å². The lowest BCUT2D eigenvalue weighted by molar-refractivity contribution is -0.162. The van der Waals surface area contributed by atoms with Crippen LogP contribution < -0.4 is 10.9 Å². The summed E-state index contributed by atoms with van der Waals surface area (Å²) in [4.78, 5) is 0. The SMILES string of the molecule is FC(F)(F)C1NNCc2ccccc21. The number of alkyl halides is 3. The molecule has 0 aromatic heterocycles. The van der Waals surface area contributed by atoms with Crippen molar-refractivity contribution in [2.45, 2.75) is 18.8 Å². The molecule has 1 aliphatic heterocycles. The Morgan fingerprint density at radius 3 is 2.64 bits per heavy atom. The Hall–Kier alpha value is -1.07. The van der Waals surface area contributed by atoms with Gasteiger partial charge in [-0.3, -0.25) is 5.43 Å². The third-order valence-electron chi connectivity index (χ3n) is 2.22. The summed E-state index contributed by atoms with van der Waals surface area (Å²) in [6.07, 6.45) is -4.26. The maximum absolute atomic E-state index is 12.5. The van der Waals surface area contributed by atoms with Crippen LogP contribution in [0.3, 0.4) is 0 Å². The van der Waals surface area contributed by atoms with Crippen LogP contribution in [0.4, 0.5) is 13.2 Å². The van der Waals surface area contributed by atoms with E-state index >= 15 is 0 Å². The highest BCUT2D eigenvalue weighted by molar-refractivity contribution is 5.32. The van der Waals surface area contributed by atoms with E-state index in [4.69, 9.17) is 0 Å². The second-order valence-corrected chi connectivity index (χ2v) is 3.17. The summed E-state index contributed by atoms with van der Waals surface area (Å²) in [6.45, 7) is 0.419. The molecule has 1 atom stereocenters. The minimum atomic E-state index is -4.26. The molecule has 0 saturated carbocycles. The fraction of sp³-hybridized carbons (Fsp3) is 0.333. The van der Waals surface area contributed by atoms with Crippen LogP contribution in [0.2, 0.25) is 0 Å². The number of fused-ring (bicyclic) bond motifs is 1. The summed E-state index contributed by atoms with van der Waals surface area (Å²) in [6, 6.07) is 4.94. The minimum absolute atomic E-state index is 0.304. The van der Waals surface area contributed by atoms with Gasteiger partial charge in [-0.1, -0.05) is 24.3 Å². The summed E-state index contributed by atoms with van der Waals surface area (Å²) < 4.78 is 37.6. The molecular weight excluding hydrogens is 193 g/mol. The second-order valence-electron chi connectivity index (χ2n) is 3.17. The fourth-order valence-electron chi connectivity index (χ4n) is 1.56. The van der Waals surface area contributed by atoms with Crippen molar-refractivity contribution in [2.24, 2.45) is 0 Å². The molecule has 1 aliphatic rings. The van der Waals surface area contributed by atoms with Gasteiger partial charge in [-0.25, -0.2) is 5.43 Å². The highest BCUT2D eigenvalue weighted by atomic mass is 19.4. The lowest BCUT2D eigenvalue weighted by Gasteiger charge is -2.28. The van der Waals surface area contributed by atoms with Crippen molar-refractivity contribution in [3.8, 4) is 0 Å². The highest BCUT2D eigenvalue weighted by Gasteiger charge is 2.42. The third-order valence-corrected chi connectivity index (χ3v) is 2.22. The molecule has 0 amide bonds. The number of hydrogen-bond acceptors (Lipinski definition) is 2. The van der Waals surface area contributed by atoms with Crippen molar-refractivity contribution < 1.29 is 13.2 Å². The van der Waals surface area contributed by atoms with Crippen molar-refractivity contribution in [3.05, 3.63) is 35.4 Å². The van der Waals surface area contributed by atoms with E-state index < -0.39 is 12.2 Å². The molecule has 14 heavy (non-hydrogen) atoms. The van der Waals surface area contributed by atoms with E-state index in [9.17, 15) is 13.2 Å². The zero-order valence-electron chi connectivity index (χ0n) is 7.23. The predicted molar refractivity (Wildman–Crippen MR) is 45.2 cm³/mol. The Morgan fingerprint density at radius 1 is 1.21 bits per heavy atom. The van der Waals surface area contributed by atoms with Gasteiger partial charge in [0, 0.05) is 6.54 Å². The number of rotatable bonds is 0. The van der Waals surface area contributed by atoms with Gasteiger partial charge in [-0.05, 0) is 11.1 Å². The van der Waals surface area contributed by atoms with Crippen LogP contribution in [0.5, 0.6) is 0 Å². The van der Waals surface area contributed by atoms with Gasteiger partial charge in [0.2, 0.25) is 0 Å². The molecular formula is C9H9F3N2. The van der Waals surface area contributed by atoms with Gasteiger partial charge in [0.15, 0.2) is 0 Å². The predicted octanol–water partition coefficient (Wildman–Crippen LogP) is 1.90. The van der Waals surface area contributed by atoms with Crippen molar-refractivity contribution in [2.75, 3.05) is 0 Å². The summed E-state index contributed by atoms with van der Waals surface area (Å²) in [7, 11) is 0. The monoisotopic (exact) mass is 202 g/mol. The Balaban J connectivity index is 2.41. The molecule has 1 aromatic carbocycles.